The van der Waals surface area contributed by atoms with Crippen LogP contribution in [0.15, 0.2) is 23.0 Å². The van der Waals surface area contributed by atoms with Gasteiger partial charge in [0.25, 0.3) is 5.56 Å². The normalized spacial score (nSPS) is 10.9. The molecule has 3 aromatic rings. The van der Waals surface area contributed by atoms with E-state index in [0.29, 0.717) is 34.0 Å². The molecule has 2 aromatic heterocycles. The third-order valence-electron chi connectivity index (χ3n) is 4.54. The van der Waals surface area contributed by atoms with Gasteiger partial charge >= 0.3 is 5.97 Å². The number of aromatic amines is 1. The van der Waals surface area contributed by atoms with Gasteiger partial charge < -0.3 is 19.2 Å². The fourth-order valence-corrected chi connectivity index (χ4v) is 4.02. The number of aryl methyl sites for hydroxylation is 3. The van der Waals surface area contributed by atoms with E-state index in [0.717, 1.165) is 16.0 Å². The third-order valence-corrected chi connectivity index (χ3v) is 5.64. The maximum atomic E-state index is 12.3. The van der Waals surface area contributed by atoms with Crippen molar-refractivity contribution >= 4 is 27.5 Å². The van der Waals surface area contributed by atoms with Gasteiger partial charge in [0, 0.05) is 11.3 Å². The first-order valence-electron chi connectivity index (χ1n) is 8.79. The Balaban J connectivity index is 1.64. The number of methoxy groups -OCH3 is 2. The van der Waals surface area contributed by atoms with Crippen LogP contribution in [0.1, 0.15) is 28.2 Å². The van der Waals surface area contributed by atoms with E-state index in [1.807, 2.05) is 26.0 Å². The van der Waals surface area contributed by atoms with Crippen LogP contribution < -0.4 is 15.0 Å². The zero-order valence-corrected chi connectivity index (χ0v) is 17.1. The minimum atomic E-state index is -0.383. The van der Waals surface area contributed by atoms with E-state index in [2.05, 4.69) is 9.97 Å². The van der Waals surface area contributed by atoms with Crippen LogP contribution in [0.5, 0.6) is 11.5 Å². The van der Waals surface area contributed by atoms with Crippen LogP contribution in [0.3, 0.4) is 0 Å². The summed E-state index contributed by atoms with van der Waals surface area (Å²) < 4.78 is 15.9. The Kier molecular flexibility index (Phi) is 5.99. The molecule has 7 nitrogen and oxygen atoms in total. The standard InChI is InChI=1S/C20H22N2O5S/c1-11-12(2)28-20-17(11)19(24)21-15(22-20)10-27-16(23)9-8-13-6-5-7-14(25-3)18(13)26-4/h5-7H,8-10H2,1-4H3,(H,21,22,24). The van der Waals surface area contributed by atoms with Gasteiger partial charge in [-0.3, -0.25) is 9.59 Å². The number of rotatable bonds is 7. The second-order valence-corrected chi connectivity index (χ2v) is 7.49. The van der Waals surface area contributed by atoms with Crippen LogP contribution >= 0.6 is 11.3 Å². The Labute approximate surface area is 166 Å². The first-order valence-corrected chi connectivity index (χ1v) is 9.60. The van der Waals surface area contributed by atoms with Crippen LogP contribution in [0.2, 0.25) is 0 Å². The number of H-pyrrole nitrogens is 1. The number of carbonyl (C=O) groups excluding carboxylic acids is 1. The average Bonchev–Trinajstić information content (AvgIpc) is 2.98. The highest BCUT2D eigenvalue weighted by Crippen LogP contribution is 2.31. The minimum absolute atomic E-state index is 0.0742. The Hall–Kier alpha value is -2.87. The lowest BCUT2D eigenvalue weighted by Gasteiger charge is -2.12. The van der Waals surface area contributed by atoms with E-state index in [4.69, 9.17) is 14.2 Å². The van der Waals surface area contributed by atoms with E-state index < -0.39 is 0 Å². The van der Waals surface area contributed by atoms with Crippen LogP contribution in [0.25, 0.3) is 10.2 Å². The molecule has 0 bridgehead atoms. The molecular weight excluding hydrogens is 380 g/mol. The van der Waals surface area contributed by atoms with Gasteiger partial charge in [-0.2, -0.15) is 0 Å². The SMILES string of the molecule is COc1cccc(CCC(=O)OCc2nc3sc(C)c(C)c3c(=O)[nH]2)c1OC. The molecule has 1 aromatic carbocycles. The predicted molar refractivity (Wildman–Crippen MR) is 107 cm³/mol. The lowest BCUT2D eigenvalue weighted by atomic mass is 10.1. The number of esters is 1. The summed E-state index contributed by atoms with van der Waals surface area (Å²) in [6.45, 7) is 3.78. The second-order valence-electron chi connectivity index (χ2n) is 6.29. The molecule has 1 N–H and O–H groups in total. The molecule has 0 atom stereocenters. The van der Waals surface area contributed by atoms with Crippen molar-refractivity contribution in [1.82, 2.24) is 9.97 Å². The summed E-state index contributed by atoms with van der Waals surface area (Å²) in [6.07, 6.45) is 0.624. The molecule has 0 saturated carbocycles. The molecule has 28 heavy (non-hydrogen) atoms. The molecule has 148 valence electrons. The van der Waals surface area contributed by atoms with Crippen molar-refractivity contribution < 1.29 is 19.0 Å². The molecule has 3 rings (SSSR count). The van der Waals surface area contributed by atoms with Gasteiger partial charge in [-0.05, 0) is 37.5 Å². The number of thiophene rings is 1. The Morgan fingerprint density at radius 1 is 1.21 bits per heavy atom. The van der Waals surface area contributed by atoms with E-state index in [-0.39, 0.29) is 24.6 Å². The summed E-state index contributed by atoms with van der Waals surface area (Å²) in [5.74, 6) is 1.18. The van der Waals surface area contributed by atoms with Gasteiger partial charge in [0.1, 0.15) is 17.3 Å². The molecule has 0 unspecified atom stereocenters. The Bertz CT molecular complexity index is 1070. The molecule has 0 aliphatic carbocycles. The maximum absolute atomic E-state index is 12.3. The van der Waals surface area contributed by atoms with Crippen molar-refractivity contribution in [1.29, 1.82) is 0 Å². The van der Waals surface area contributed by atoms with Gasteiger partial charge in [-0.15, -0.1) is 11.3 Å². The molecule has 0 aliphatic rings. The quantitative estimate of drug-likeness (QED) is 0.610. The van der Waals surface area contributed by atoms with E-state index >= 15 is 0 Å². The van der Waals surface area contributed by atoms with Gasteiger partial charge in [0.2, 0.25) is 0 Å². The number of hydrogen-bond acceptors (Lipinski definition) is 7. The van der Waals surface area contributed by atoms with Crippen molar-refractivity contribution in [2.75, 3.05) is 14.2 Å². The number of para-hydroxylation sites is 1. The monoisotopic (exact) mass is 402 g/mol. The summed E-state index contributed by atoms with van der Waals surface area (Å²) in [6, 6.07) is 5.52. The second kappa shape index (κ2) is 8.43. The molecule has 0 aliphatic heterocycles. The van der Waals surface area contributed by atoms with Crippen molar-refractivity contribution in [2.24, 2.45) is 0 Å². The summed E-state index contributed by atoms with van der Waals surface area (Å²) in [4.78, 5) is 33.2. The minimum Gasteiger partial charge on any atom is -0.493 e. The number of fused-ring (bicyclic) bond motifs is 1. The van der Waals surface area contributed by atoms with Crippen LogP contribution in [-0.4, -0.2) is 30.2 Å². The van der Waals surface area contributed by atoms with E-state index in [9.17, 15) is 9.59 Å². The zero-order valence-electron chi connectivity index (χ0n) is 16.3. The highest BCUT2D eigenvalue weighted by atomic mass is 32.1. The van der Waals surface area contributed by atoms with E-state index in [1.165, 1.54) is 11.3 Å². The summed E-state index contributed by atoms with van der Waals surface area (Å²) in [5.41, 5.74) is 1.58. The molecule has 8 heteroatoms. The molecule has 0 radical (unpaired) electrons. The highest BCUT2D eigenvalue weighted by Gasteiger charge is 2.14. The molecule has 0 amide bonds. The van der Waals surface area contributed by atoms with Crippen LogP contribution in [0.4, 0.5) is 0 Å². The molecule has 0 spiro atoms. The summed E-state index contributed by atoms with van der Waals surface area (Å²) >= 11 is 1.46. The van der Waals surface area contributed by atoms with Crippen LogP contribution in [0, 0.1) is 13.8 Å². The lowest BCUT2D eigenvalue weighted by Crippen LogP contribution is -2.14. The summed E-state index contributed by atoms with van der Waals surface area (Å²) in [7, 11) is 3.13. The number of nitrogens with one attached hydrogen (secondary N) is 1. The van der Waals surface area contributed by atoms with Crippen LogP contribution in [-0.2, 0) is 22.6 Å². The number of ether oxygens (including phenoxy) is 3. The average molecular weight is 402 g/mol. The maximum Gasteiger partial charge on any atom is 0.306 e. The Morgan fingerprint density at radius 2 is 2.00 bits per heavy atom. The number of nitrogens with zero attached hydrogens (tertiary/aromatic N) is 1. The van der Waals surface area contributed by atoms with E-state index in [1.54, 1.807) is 20.3 Å². The largest absolute Gasteiger partial charge is 0.493 e. The van der Waals surface area contributed by atoms with Gasteiger partial charge in [0.15, 0.2) is 11.5 Å². The smallest absolute Gasteiger partial charge is 0.306 e. The highest BCUT2D eigenvalue weighted by molar-refractivity contribution is 7.18. The molecule has 0 fully saturated rings. The lowest BCUT2D eigenvalue weighted by molar-refractivity contribution is -0.145. The number of benzene rings is 1. The number of aromatic nitrogens is 2. The zero-order chi connectivity index (χ0) is 20.3. The van der Waals surface area contributed by atoms with Crippen molar-refractivity contribution in [2.45, 2.75) is 33.3 Å². The molecular formula is C20H22N2O5S. The third kappa shape index (κ3) is 4.01. The predicted octanol–water partition coefficient (Wildman–Crippen LogP) is 3.29. The first-order chi connectivity index (χ1) is 13.4. The topological polar surface area (TPSA) is 90.5 Å². The van der Waals surface area contributed by atoms with Crippen molar-refractivity contribution in [3.63, 3.8) is 0 Å². The first kappa shape index (κ1) is 19.9. The molecule has 0 saturated heterocycles. The Morgan fingerprint density at radius 3 is 2.71 bits per heavy atom. The van der Waals surface area contributed by atoms with Crippen molar-refractivity contribution in [3.05, 3.63) is 50.4 Å². The van der Waals surface area contributed by atoms with Crippen molar-refractivity contribution in [3.8, 4) is 11.5 Å². The van der Waals surface area contributed by atoms with Gasteiger partial charge in [0.05, 0.1) is 19.6 Å². The van der Waals surface area contributed by atoms with Gasteiger partial charge in [-0.1, -0.05) is 12.1 Å². The number of carbonyl (C=O) groups is 1. The molecule has 2 heterocycles. The van der Waals surface area contributed by atoms with Gasteiger partial charge in [-0.25, -0.2) is 4.98 Å². The number of hydrogen-bond donors (Lipinski definition) is 1. The fourth-order valence-electron chi connectivity index (χ4n) is 2.98. The fraction of sp³-hybridized carbons (Fsp3) is 0.350. The summed E-state index contributed by atoms with van der Waals surface area (Å²) in [5, 5.41) is 0.600.